The average molecular weight is 357 g/mol. The van der Waals surface area contributed by atoms with Crippen molar-refractivity contribution in [1.29, 1.82) is 0 Å². The van der Waals surface area contributed by atoms with Crippen molar-refractivity contribution in [2.45, 2.75) is 32.2 Å². The van der Waals surface area contributed by atoms with Crippen LogP contribution in [0.5, 0.6) is 0 Å². The summed E-state index contributed by atoms with van der Waals surface area (Å²) in [5.74, 6) is 1.07. The first kappa shape index (κ1) is 20.4. The second-order valence-electron chi connectivity index (χ2n) is 6.58. The molecule has 0 bridgehead atoms. The molecule has 0 aromatic heterocycles. The number of hydrogen-bond donors (Lipinski definition) is 1. The minimum Gasteiger partial charge on any atom is -0.382 e. The van der Waals surface area contributed by atoms with Crippen molar-refractivity contribution in [3.8, 4) is 0 Å². The molecule has 2 aliphatic heterocycles. The molecule has 7 heteroatoms. The van der Waals surface area contributed by atoms with E-state index < -0.39 is 0 Å². The van der Waals surface area contributed by atoms with Crippen LogP contribution >= 0.6 is 0 Å². The molecule has 2 saturated heterocycles. The Morgan fingerprint density at radius 2 is 2.00 bits per heavy atom. The van der Waals surface area contributed by atoms with Gasteiger partial charge >= 0.3 is 0 Å². The molecule has 1 N–H and O–H groups in total. The average Bonchev–Trinajstić information content (AvgIpc) is 3.14. The molecule has 0 amide bonds. The summed E-state index contributed by atoms with van der Waals surface area (Å²) in [4.78, 5) is 9.81. The number of rotatable bonds is 10. The third-order valence-corrected chi connectivity index (χ3v) is 4.75. The highest BCUT2D eigenvalue weighted by Gasteiger charge is 2.30. The summed E-state index contributed by atoms with van der Waals surface area (Å²) >= 11 is 0. The van der Waals surface area contributed by atoms with Gasteiger partial charge in [0.1, 0.15) is 0 Å². The monoisotopic (exact) mass is 356 g/mol. The van der Waals surface area contributed by atoms with E-state index in [1.165, 1.54) is 6.42 Å². The highest BCUT2D eigenvalue weighted by Crippen LogP contribution is 2.17. The topological polar surface area (TPSA) is 58.6 Å². The van der Waals surface area contributed by atoms with Crippen LogP contribution in [-0.4, -0.2) is 101 Å². The number of nitrogens with one attached hydrogen (secondary N) is 1. The molecule has 2 aliphatic rings. The van der Waals surface area contributed by atoms with Gasteiger partial charge in [0.05, 0.1) is 26.4 Å². The van der Waals surface area contributed by atoms with Gasteiger partial charge in [0.2, 0.25) is 0 Å². The number of unbranched alkanes of at least 4 members (excludes halogenated alkanes) is 1. The Labute approximate surface area is 152 Å². The molecule has 0 radical (unpaired) electrons. The molecule has 25 heavy (non-hydrogen) atoms. The maximum absolute atomic E-state index is 5.49. The van der Waals surface area contributed by atoms with Gasteiger partial charge in [-0.3, -0.25) is 9.89 Å². The second kappa shape index (κ2) is 12.5. The lowest BCUT2D eigenvalue weighted by Crippen LogP contribution is -2.46. The van der Waals surface area contributed by atoms with Crippen molar-refractivity contribution in [2.24, 2.45) is 4.99 Å². The van der Waals surface area contributed by atoms with Gasteiger partial charge < -0.3 is 24.4 Å². The van der Waals surface area contributed by atoms with Gasteiger partial charge in [-0.15, -0.1) is 0 Å². The van der Waals surface area contributed by atoms with E-state index in [4.69, 9.17) is 19.2 Å². The lowest BCUT2D eigenvalue weighted by atomic mass is 10.2. The van der Waals surface area contributed by atoms with Crippen molar-refractivity contribution in [3.63, 3.8) is 0 Å². The smallest absolute Gasteiger partial charge is 0.193 e. The summed E-state index contributed by atoms with van der Waals surface area (Å²) in [6.45, 7) is 12.1. The lowest BCUT2D eigenvalue weighted by Gasteiger charge is -2.32. The van der Waals surface area contributed by atoms with Crippen LogP contribution < -0.4 is 5.32 Å². The maximum Gasteiger partial charge on any atom is 0.193 e. The van der Waals surface area contributed by atoms with Crippen LogP contribution in [0.2, 0.25) is 0 Å². The third kappa shape index (κ3) is 7.48. The number of ether oxygens (including phenoxy) is 3. The predicted molar refractivity (Wildman–Crippen MR) is 100 cm³/mol. The zero-order chi connectivity index (χ0) is 17.7. The molecule has 1 unspecified atom stereocenters. The summed E-state index contributed by atoms with van der Waals surface area (Å²) in [5, 5.41) is 3.45. The van der Waals surface area contributed by atoms with Gasteiger partial charge in [-0.05, 0) is 26.2 Å². The Bertz CT molecular complexity index is 375. The molecule has 0 saturated carbocycles. The molecule has 0 spiro atoms. The van der Waals surface area contributed by atoms with E-state index >= 15 is 0 Å². The third-order valence-electron chi connectivity index (χ3n) is 4.75. The van der Waals surface area contributed by atoms with Gasteiger partial charge in [0, 0.05) is 59.0 Å². The van der Waals surface area contributed by atoms with Gasteiger partial charge in [-0.2, -0.15) is 0 Å². The highest BCUT2D eigenvalue weighted by atomic mass is 16.5. The molecule has 1 atom stereocenters. The van der Waals surface area contributed by atoms with Crippen LogP contribution in [0, 0.1) is 0 Å². The van der Waals surface area contributed by atoms with Crippen LogP contribution in [0.1, 0.15) is 26.2 Å². The number of likely N-dealkylation sites (tertiary alicyclic amines) is 1. The number of hydrogen-bond acceptors (Lipinski definition) is 5. The minimum absolute atomic E-state index is 0.641. The van der Waals surface area contributed by atoms with Gasteiger partial charge in [-0.25, -0.2) is 0 Å². The number of methoxy groups -OCH3 is 1. The van der Waals surface area contributed by atoms with E-state index in [0.29, 0.717) is 19.3 Å². The molecule has 0 aromatic rings. The predicted octanol–water partition coefficient (Wildman–Crippen LogP) is 0.802. The van der Waals surface area contributed by atoms with Gasteiger partial charge in [0.25, 0.3) is 0 Å². The van der Waals surface area contributed by atoms with E-state index in [9.17, 15) is 0 Å². The van der Waals surface area contributed by atoms with Crippen molar-refractivity contribution >= 4 is 5.96 Å². The largest absolute Gasteiger partial charge is 0.382 e. The fraction of sp³-hybridized carbons (Fsp3) is 0.944. The van der Waals surface area contributed by atoms with Crippen molar-refractivity contribution in [1.82, 2.24) is 15.1 Å². The minimum atomic E-state index is 0.641. The fourth-order valence-electron chi connectivity index (χ4n) is 3.35. The van der Waals surface area contributed by atoms with Crippen LogP contribution in [0.3, 0.4) is 0 Å². The molecule has 2 heterocycles. The lowest BCUT2D eigenvalue weighted by molar-refractivity contribution is 0.0195. The zero-order valence-electron chi connectivity index (χ0n) is 16.0. The Balaban J connectivity index is 1.68. The fourth-order valence-corrected chi connectivity index (χ4v) is 3.35. The standard InChI is InChI=1S/C18H36N4O3/c1-3-19-18(20-7-4-5-11-24-15-14-23-2)22-8-6-17(16-22)21-9-12-25-13-10-21/h17H,3-16H2,1-2H3,(H,19,20). The maximum atomic E-state index is 5.49. The van der Waals surface area contributed by atoms with E-state index in [0.717, 1.165) is 77.9 Å². The van der Waals surface area contributed by atoms with E-state index in [2.05, 4.69) is 22.0 Å². The number of nitrogens with zero attached hydrogens (tertiary/aromatic N) is 3. The van der Waals surface area contributed by atoms with Crippen LogP contribution in [-0.2, 0) is 14.2 Å². The van der Waals surface area contributed by atoms with Crippen LogP contribution in [0.25, 0.3) is 0 Å². The molecular weight excluding hydrogens is 320 g/mol. The molecule has 2 rings (SSSR count). The quantitative estimate of drug-likeness (QED) is 0.355. The number of guanidine groups is 1. The van der Waals surface area contributed by atoms with Gasteiger partial charge in [0.15, 0.2) is 5.96 Å². The van der Waals surface area contributed by atoms with E-state index in [1.807, 2.05) is 0 Å². The van der Waals surface area contributed by atoms with E-state index in [-0.39, 0.29) is 0 Å². The SMILES string of the molecule is CCNC(=NCCCCOCCOC)N1CCC(N2CCOCC2)C1. The summed E-state index contributed by atoms with van der Waals surface area (Å²) < 4.78 is 15.9. The van der Waals surface area contributed by atoms with Crippen LogP contribution in [0.4, 0.5) is 0 Å². The first-order valence-electron chi connectivity index (χ1n) is 9.77. The number of morpholine rings is 1. The first-order chi connectivity index (χ1) is 12.3. The Morgan fingerprint density at radius 1 is 1.16 bits per heavy atom. The van der Waals surface area contributed by atoms with Crippen molar-refractivity contribution in [3.05, 3.63) is 0 Å². The summed E-state index contributed by atoms with van der Waals surface area (Å²) in [6.07, 6.45) is 3.32. The van der Waals surface area contributed by atoms with E-state index in [1.54, 1.807) is 7.11 Å². The van der Waals surface area contributed by atoms with Crippen LogP contribution in [0.15, 0.2) is 4.99 Å². The molecule has 2 fully saturated rings. The Hall–Kier alpha value is -0.890. The molecule has 146 valence electrons. The number of aliphatic imine (C=N–C) groups is 1. The van der Waals surface area contributed by atoms with Crippen molar-refractivity contribution in [2.75, 3.05) is 79.4 Å². The molecule has 7 nitrogen and oxygen atoms in total. The first-order valence-corrected chi connectivity index (χ1v) is 9.77. The summed E-state index contributed by atoms with van der Waals surface area (Å²) in [7, 11) is 1.70. The highest BCUT2D eigenvalue weighted by molar-refractivity contribution is 5.80. The second-order valence-corrected chi connectivity index (χ2v) is 6.58. The molecule has 0 aromatic carbocycles. The van der Waals surface area contributed by atoms with Crippen molar-refractivity contribution < 1.29 is 14.2 Å². The Morgan fingerprint density at radius 3 is 2.76 bits per heavy atom. The zero-order valence-corrected chi connectivity index (χ0v) is 16.0. The normalized spacial score (nSPS) is 22.6. The van der Waals surface area contributed by atoms with Gasteiger partial charge in [-0.1, -0.05) is 0 Å². The Kier molecular flexibility index (Phi) is 10.2. The molecule has 0 aliphatic carbocycles. The summed E-state index contributed by atoms with van der Waals surface area (Å²) in [6, 6.07) is 0.641. The molecular formula is C18H36N4O3. The summed E-state index contributed by atoms with van der Waals surface area (Å²) in [5.41, 5.74) is 0.